The summed E-state index contributed by atoms with van der Waals surface area (Å²) in [4.78, 5) is 22.1. The molecule has 0 saturated carbocycles. The normalized spacial score (nSPS) is 9.53. The highest BCUT2D eigenvalue weighted by Gasteiger charge is 2.03. The van der Waals surface area contributed by atoms with Crippen LogP contribution in [-0.2, 0) is 4.79 Å². The van der Waals surface area contributed by atoms with Gasteiger partial charge in [-0.2, -0.15) is 0 Å². The molecule has 0 heterocycles. The maximum atomic E-state index is 11.1. The number of hydrogen-bond donors (Lipinski definition) is 2. The Kier molecular flexibility index (Phi) is 4.78. The molecular formula is C12H14N2O2S. The Morgan fingerprint density at radius 1 is 1.24 bits per heavy atom. The molecule has 0 saturated heterocycles. The Hall–Kier alpha value is -1.75. The summed E-state index contributed by atoms with van der Waals surface area (Å²) < 4.78 is 0. The second-order valence-corrected chi connectivity index (χ2v) is 3.90. The number of ketones is 1. The topological polar surface area (TPSA) is 58.2 Å². The Labute approximate surface area is 105 Å². The van der Waals surface area contributed by atoms with E-state index in [9.17, 15) is 9.59 Å². The first kappa shape index (κ1) is 13.3. The zero-order valence-corrected chi connectivity index (χ0v) is 10.6. The number of carbonyl (C=O) groups excluding carboxylic acids is 2. The monoisotopic (exact) mass is 250 g/mol. The van der Waals surface area contributed by atoms with Gasteiger partial charge in [-0.1, -0.05) is 6.92 Å². The van der Waals surface area contributed by atoms with Gasteiger partial charge in [0, 0.05) is 17.7 Å². The number of anilines is 1. The van der Waals surface area contributed by atoms with Crippen LogP contribution in [0.4, 0.5) is 5.69 Å². The summed E-state index contributed by atoms with van der Waals surface area (Å²) in [6.45, 7) is 3.26. The highest BCUT2D eigenvalue weighted by Crippen LogP contribution is 2.09. The van der Waals surface area contributed by atoms with E-state index in [0.717, 1.165) is 5.69 Å². The van der Waals surface area contributed by atoms with Gasteiger partial charge in [-0.05, 0) is 43.4 Å². The fourth-order valence-electron chi connectivity index (χ4n) is 1.17. The molecule has 0 aliphatic heterocycles. The molecule has 1 aromatic rings. The van der Waals surface area contributed by atoms with E-state index in [0.29, 0.717) is 12.0 Å². The summed E-state index contributed by atoms with van der Waals surface area (Å²) in [7, 11) is 0. The Morgan fingerprint density at radius 2 is 1.82 bits per heavy atom. The molecule has 0 bridgehead atoms. The van der Waals surface area contributed by atoms with Crippen molar-refractivity contribution in [3.8, 4) is 0 Å². The van der Waals surface area contributed by atoms with Crippen LogP contribution < -0.4 is 10.6 Å². The second-order valence-electron chi connectivity index (χ2n) is 3.49. The molecule has 0 spiro atoms. The highest BCUT2D eigenvalue weighted by molar-refractivity contribution is 7.80. The third-order valence-electron chi connectivity index (χ3n) is 2.12. The lowest BCUT2D eigenvalue weighted by molar-refractivity contribution is -0.119. The third kappa shape index (κ3) is 4.32. The van der Waals surface area contributed by atoms with Gasteiger partial charge in [-0.15, -0.1) is 0 Å². The van der Waals surface area contributed by atoms with Crippen LogP contribution in [0.15, 0.2) is 24.3 Å². The van der Waals surface area contributed by atoms with Gasteiger partial charge in [0.05, 0.1) is 0 Å². The lowest BCUT2D eigenvalue weighted by Gasteiger charge is -2.08. The maximum absolute atomic E-state index is 11.1. The predicted octanol–water partition coefficient (Wildman–Crippen LogP) is 2.11. The summed E-state index contributed by atoms with van der Waals surface area (Å²) in [5.41, 5.74) is 1.37. The molecule has 0 aliphatic rings. The van der Waals surface area contributed by atoms with E-state index >= 15 is 0 Å². The first-order chi connectivity index (χ1) is 8.02. The van der Waals surface area contributed by atoms with Crippen LogP contribution in [0.5, 0.6) is 0 Å². The first-order valence-electron chi connectivity index (χ1n) is 5.24. The minimum Gasteiger partial charge on any atom is -0.332 e. The van der Waals surface area contributed by atoms with Gasteiger partial charge in [0.25, 0.3) is 0 Å². The van der Waals surface area contributed by atoms with E-state index in [1.54, 1.807) is 31.2 Å². The molecule has 0 atom stereocenters. The van der Waals surface area contributed by atoms with Crippen LogP contribution in [-0.4, -0.2) is 16.8 Å². The largest absolute Gasteiger partial charge is 0.332 e. The molecule has 0 aliphatic carbocycles. The van der Waals surface area contributed by atoms with Gasteiger partial charge in [0.15, 0.2) is 10.9 Å². The van der Waals surface area contributed by atoms with E-state index in [1.807, 2.05) is 0 Å². The Morgan fingerprint density at radius 3 is 2.29 bits per heavy atom. The zero-order chi connectivity index (χ0) is 12.8. The molecule has 5 heteroatoms. The van der Waals surface area contributed by atoms with E-state index in [1.165, 1.54) is 6.92 Å². The molecule has 1 aromatic carbocycles. The van der Waals surface area contributed by atoms with Crippen LogP contribution in [0.1, 0.15) is 30.6 Å². The summed E-state index contributed by atoms with van der Waals surface area (Å²) in [6.07, 6.45) is 0.380. The number of Topliss-reactive ketones (excluding diaryl/α,β-unsaturated/α-hetero) is 1. The summed E-state index contributed by atoms with van der Waals surface area (Å²) in [5.74, 6) is -0.124. The smallest absolute Gasteiger partial charge is 0.225 e. The van der Waals surface area contributed by atoms with Crippen LogP contribution in [0.2, 0.25) is 0 Å². The number of hydrogen-bond acceptors (Lipinski definition) is 3. The van der Waals surface area contributed by atoms with Gasteiger partial charge >= 0.3 is 0 Å². The molecule has 1 rings (SSSR count). The number of nitrogens with one attached hydrogen (secondary N) is 2. The van der Waals surface area contributed by atoms with Gasteiger partial charge < -0.3 is 10.6 Å². The summed E-state index contributed by atoms with van der Waals surface area (Å²) in [6, 6.07) is 6.88. The SMILES string of the molecule is CCC(=O)NC(=S)Nc1ccc(C(C)=O)cc1. The van der Waals surface area contributed by atoms with Gasteiger partial charge in [-0.25, -0.2) is 0 Å². The minimum atomic E-state index is -0.136. The van der Waals surface area contributed by atoms with Crippen molar-refractivity contribution in [3.63, 3.8) is 0 Å². The fraction of sp³-hybridized carbons (Fsp3) is 0.250. The van der Waals surface area contributed by atoms with Crippen LogP contribution in [0.3, 0.4) is 0 Å². The van der Waals surface area contributed by atoms with E-state index < -0.39 is 0 Å². The van der Waals surface area contributed by atoms with Gasteiger partial charge in [0.2, 0.25) is 5.91 Å². The van der Waals surface area contributed by atoms with E-state index in [2.05, 4.69) is 10.6 Å². The average molecular weight is 250 g/mol. The van der Waals surface area contributed by atoms with Gasteiger partial charge in [0.1, 0.15) is 0 Å². The van der Waals surface area contributed by atoms with E-state index in [4.69, 9.17) is 12.2 Å². The third-order valence-corrected chi connectivity index (χ3v) is 2.33. The molecule has 17 heavy (non-hydrogen) atoms. The quantitative estimate of drug-likeness (QED) is 0.637. The number of amides is 1. The summed E-state index contributed by atoms with van der Waals surface area (Å²) >= 11 is 4.95. The molecule has 0 fully saturated rings. The predicted molar refractivity (Wildman–Crippen MR) is 71.1 cm³/mol. The Bertz CT molecular complexity index is 440. The molecule has 0 aromatic heterocycles. The highest BCUT2D eigenvalue weighted by atomic mass is 32.1. The van der Waals surface area contributed by atoms with Crippen molar-refractivity contribution < 1.29 is 9.59 Å². The van der Waals surface area contributed by atoms with Crippen molar-refractivity contribution in [2.45, 2.75) is 20.3 Å². The number of carbonyl (C=O) groups is 2. The van der Waals surface area contributed by atoms with Crippen LogP contribution in [0, 0.1) is 0 Å². The zero-order valence-electron chi connectivity index (χ0n) is 9.74. The standard InChI is InChI=1S/C12H14N2O2S/c1-3-11(16)14-12(17)13-10-6-4-9(5-7-10)8(2)15/h4-7H,3H2,1-2H3,(H2,13,14,16,17). The van der Waals surface area contributed by atoms with Crippen molar-refractivity contribution in [1.29, 1.82) is 0 Å². The maximum Gasteiger partial charge on any atom is 0.225 e. The van der Waals surface area contributed by atoms with Crippen molar-refractivity contribution in [2.75, 3.05) is 5.32 Å². The molecule has 4 nitrogen and oxygen atoms in total. The van der Waals surface area contributed by atoms with Crippen molar-refractivity contribution in [2.24, 2.45) is 0 Å². The molecule has 0 unspecified atom stereocenters. The average Bonchev–Trinajstić information content (AvgIpc) is 2.29. The van der Waals surface area contributed by atoms with Crippen molar-refractivity contribution in [3.05, 3.63) is 29.8 Å². The number of benzene rings is 1. The number of thiocarbonyl (C=S) groups is 1. The van der Waals surface area contributed by atoms with Crippen LogP contribution >= 0.6 is 12.2 Å². The Balaban J connectivity index is 2.60. The van der Waals surface area contributed by atoms with Gasteiger partial charge in [-0.3, -0.25) is 9.59 Å². The molecule has 1 amide bonds. The number of rotatable bonds is 3. The molecular weight excluding hydrogens is 236 g/mol. The molecule has 90 valence electrons. The lowest BCUT2D eigenvalue weighted by atomic mass is 10.1. The minimum absolute atomic E-state index is 0.0124. The first-order valence-corrected chi connectivity index (χ1v) is 5.65. The van der Waals surface area contributed by atoms with Crippen molar-refractivity contribution >= 4 is 34.7 Å². The molecule has 0 radical (unpaired) electrons. The van der Waals surface area contributed by atoms with Crippen molar-refractivity contribution in [1.82, 2.24) is 5.32 Å². The molecule has 2 N–H and O–H groups in total. The fourth-order valence-corrected chi connectivity index (χ4v) is 1.40. The lowest BCUT2D eigenvalue weighted by Crippen LogP contribution is -2.33. The summed E-state index contributed by atoms with van der Waals surface area (Å²) in [5, 5.41) is 5.65. The second kappa shape index (κ2) is 6.10. The van der Waals surface area contributed by atoms with Crippen LogP contribution in [0.25, 0.3) is 0 Å². The van der Waals surface area contributed by atoms with E-state index in [-0.39, 0.29) is 16.8 Å².